The van der Waals surface area contributed by atoms with E-state index < -0.39 is 5.97 Å². The molecule has 0 atom stereocenters. The van der Waals surface area contributed by atoms with Crippen LogP contribution in [-0.4, -0.2) is 16.1 Å². The van der Waals surface area contributed by atoms with Crippen molar-refractivity contribution in [2.45, 2.75) is 0 Å². The Kier molecular flexibility index (Phi) is 4.68. The molecule has 0 aromatic carbocycles. The number of pyridine rings is 1. The van der Waals surface area contributed by atoms with Gasteiger partial charge in [-0.05, 0) is 12.1 Å². The van der Waals surface area contributed by atoms with Gasteiger partial charge in [0.2, 0.25) is 0 Å². The van der Waals surface area contributed by atoms with Gasteiger partial charge in [0.1, 0.15) is 10.3 Å². The van der Waals surface area contributed by atoms with Gasteiger partial charge in [-0.25, -0.2) is 9.78 Å². The average Bonchev–Trinajstić information content (AvgIpc) is 1.85. The van der Waals surface area contributed by atoms with Crippen molar-refractivity contribution in [2.75, 3.05) is 0 Å². The zero-order valence-electron chi connectivity index (χ0n) is 5.92. The van der Waals surface area contributed by atoms with Gasteiger partial charge in [0.05, 0.1) is 5.56 Å². The Morgan fingerprint density at radius 3 is 2.08 bits per heavy atom. The molecule has 0 bridgehead atoms. The van der Waals surface area contributed by atoms with Crippen LogP contribution in [-0.2, 0) is 19.5 Å². The molecule has 1 N–H and O–H groups in total. The Hall–Kier alpha value is -0.177. The monoisotopic (exact) mass is 255 g/mol. The number of hydrogen-bond donors (Lipinski definition) is 1. The summed E-state index contributed by atoms with van der Waals surface area (Å²) in [5.74, 6) is -1.07. The SMILES string of the molecule is O=C(O)c1cc(Cl)nc(Cl)c1.[Zn]. The van der Waals surface area contributed by atoms with Gasteiger partial charge in [-0.1, -0.05) is 23.2 Å². The topological polar surface area (TPSA) is 50.2 Å². The molecule has 0 saturated carbocycles. The summed E-state index contributed by atoms with van der Waals surface area (Å²) in [4.78, 5) is 13.9. The number of aromatic carboxylic acids is 1. The van der Waals surface area contributed by atoms with E-state index in [0.717, 1.165) is 0 Å². The first-order chi connectivity index (χ1) is 5.09. The Bertz CT molecular complexity index is 285. The summed E-state index contributed by atoms with van der Waals surface area (Å²) >= 11 is 10.9. The average molecular weight is 257 g/mol. The Morgan fingerprint density at radius 2 is 1.75 bits per heavy atom. The zero-order chi connectivity index (χ0) is 8.43. The fourth-order valence-electron chi connectivity index (χ4n) is 0.588. The number of nitrogens with zero attached hydrogens (tertiary/aromatic N) is 1. The van der Waals surface area contributed by atoms with Crippen molar-refractivity contribution in [1.29, 1.82) is 0 Å². The molecule has 0 fully saturated rings. The quantitative estimate of drug-likeness (QED) is 0.619. The summed E-state index contributed by atoms with van der Waals surface area (Å²) in [6.45, 7) is 0. The number of halogens is 2. The van der Waals surface area contributed by atoms with E-state index in [2.05, 4.69) is 4.98 Å². The maximum atomic E-state index is 10.4. The molecule has 0 unspecified atom stereocenters. The van der Waals surface area contributed by atoms with Gasteiger partial charge in [-0.2, -0.15) is 0 Å². The maximum absolute atomic E-state index is 10.4. The maximum Gasteiger partial charge on any atom is 0.335 e. The second-order valence-electron chi connectivity index (χ2n) is 1.81. The minimum atomic E-state index is -1.07. The van der Waals surface area contributed by atoms with E-state index in [1.807, 2.05) is 0 Å². The standard InChI is InChI=1S/C6H3Cl2NO2.Zn/c7-4-1-3(6(10)11)2-5(8)9-4;/h1-2H,(H,10,11);. The summed E-state index contributed by atoms with van der Waals surface area (Å²) in [6, 6.07) is 2.46. The minimum Gasteiger partial charge on any atom is -0.478 e. The summed E-state index contributed by atoms with van der Waals surface area (Å²) in [6.07, 6.45) is 0. The van der Waals surface area contributed by atoms with E-state index >= 15 is 0 Å². The number of rotatable bonds is 1. The predicted molar refractivity (Wildman–Crippen MR) is 41.2 cm³/mol. The van der Waals surface area contributed by atoms with E-state index in [4.69, 9.17) is 28.3 Å². The second-order valence-corrected chi connectivity index (χ2v) is 2.58. The Balaban J connectivity index is 0.00000121. The summed E-state index contributed by atoms with van der Waals surface area (Å²) in [5.41, 5.74) is 0.0370. The molecule has 0 saturated heterocycles. The second kappa shape index (κ2) is 4.75. The molecule has 0 spiro atoms. The number of aromatic nitrogens is 1. The third kappa shape index (κ3) is 3.05. The van der Waals surface area contributed by atoms with Gasteiger partial charge >= 0.3 is 5.97 Å². The van der Waals surface area contributed by atoms with E-state index in [-0.39, 0.29) is 35.3 Å². The van der Waals surface area contributed by atoms with E-state index in [0.29, 0.717) is 0 Å². The molecule has 1 aromatic heterocycles. The third-order valence-corrected chi connectivity index (χ3v) is 1.40. The fraction of sp³-hybridized carbons (Fsp3) is 0. The van der Waals surface area contributed by atoms with E-state index in [9.17, 15) is 4.79 Å². The van der Waals surface area contributed by atoms with Gasteiger partial charge in [0.25, 0.3) is 0 Å². The summed E-state index contributed by atoms with van der Waals surface area (Å²) < 4.78 is 0. The van der Waals surface area contributed by atoms with Crippen LogP contribution in [0.25, 0.3) is 0 Å². The molecule has 0 aliphatic carbocycles. The number of carboxylic acids is 1. The van der Waals surface area contributed by atoms with Crippen LogP contribution in [0.4, 0.5) is 0 Å². The normalized spacial score (nSPS) is 8.83. The molecule has 1 heterocycles. The van der Waals surface area contributed by atoms with Crippen molar-refractivity contribution in [3.8, 4) is 0 Å². The van der Waals surface area contributed by atoms with Crippen LogP contribution in [0.5, 0.6) is 0 Å². The zero-order valence-corrected chi connectivity index (χ0v) is 10.4. The third-order valence-electron chi connectivity index (χ3n) is 1.01. The van der Waals surface area contributed by atoms with Gasteiger partial charge in [0.15, 0.2) is 0 Å². The van der Waals surface area contributed by atoms with E-state index in [1.54, 1.807) is 0 Å². The number of carboxylic acid groups (broad SMARTS) is 1. The van der Waals surface area contributed by atoms with Gasteiger partial charge in [-0.3, -0.25) is 0 Å². The van der Waals surface area contributed by atoms with E-state index in [1.165, 1.54) is 12.1 Å². The summed E-state index contributed by atoms with van der Waals surface area (Å²) in [7, 11) is 0. The first-order valence-corrected chi connectivity index (χ1v) is 3.41. The largest absolute Gasteiger partial charge is 0.478 e. The van der Waals surface area contributed by atoms with Gasteiger partial charge in [-0.15, -0.1) is 0 Å². The van der Waals surface area contributed by atoms with Crippen LogP contribution >= 0.6 is 23.2 Å². The van der Waals surface area contributed by atoms with Crippen molar-refractivity contribution in [3.63, 3.8) is 0 Å². The molecule has 3 nitrogen and oxygen atoms in total. The number of hydrogen-bond acceptors (Lipinski definition) is 2. The molecule has 0 amide bonds. The van der Waals surface area contributed by atoms with Crippen molar-refractivity contribution < 1.29 is 29.4 Å². The van der Waals surface area contributed by atoms with Crippen LogP contribution < -0.4 is 0 Å². The Labute approximate surface area is 91.5 Å². The van der Waals surface area contributed by atoms with Crippen molar-refractivity contribution in [1.82, 2.24) is 4.98 Å². The van der Waals surface area contributed by atoms with Gasteiger partial charge < -0.3 is 5.11 Å². The molecule has 60 valence electrons. The van der Waals surface area contributed by atoms with Crippen molar-refractivity contribution in [2.24, 2.45) is 0 Å². The predicted octanol–water partition coefficient (Wildman–Crippen LogP) is 2.08. The molecule has 1 rings (SSSR count). The van der Waals surface area contributed by atoms with Crippen LogP contribution in [0.15, 0.2) is 12.1 Å². The molecular weight excluding hydrogens is 254 g/mol. The summed E-state index contributed by atoms with van der Waals surface area (Å²) in [5, 5.41) is 8.65. The molecular formula is C6H3Cl2NO2Zn. The van der Waals surface area contributed by atoms with Crippen molar-refractivity contribution >= 4 is 29.2 Å². The molecule has 6 heteroatoms. The van der Waals surface area contributed by atoms with Crippen LogP contribution in [0.3, 0.4) is 0 Å². The molecule has 0 aliphatic heterocycles. The molecule has 12 heavy (non-hydrogen) atoms. The Morgan fingerprint density at radius 1 is 1.33 bits per heavy atom. The smallest absolute Gasteiger partial charge is 0.335 e. The molecule has 1 aromatic rings. The van der Waals surface area contributed by atoms with Gasteiger partial charge in [0, 0.05) is 19.5 Å². The molecule has 0 aliphatic rings. The molecule has 0 radical (unpaired) electrons. The fourth-order valence-corrected chi connectivity index (χ4v) is 1.05. The van der Waals surface area contributed by atoms with Crippen LogP contribution in [0.1, 0.15) is 10.4 Å². The first-order valence-electron chi connectivity index (χ1n) is 2.66. The van der Waals surface area contributed by atoms with Crippen molar-refractivity contribution in [3.05, 3.63) is 28.0 Å². The first kappa shape index (κ1) is 11.8. The van der Waals surface area contributed by atoms with Crippen LogP contribution in [0, 0.1) is 0 Å². The van der Waals surface area contributed by atoms with Crippen LogP contribution in [0.2, 0.25) is 10.3 Å². The number of carbonyl (C=O) groups is 1. The minimum absolute atomic E-state index is 0.